The molecule has 1 atom stereocenters. The van der Waals surface area contributed by atoms with Crippen LogP contribution in [0.5, 0.6) is 0 Å². The summed E-state index contributed by atoms with van der Waals surface area (Å²) in [7, 11) is 0. The van der Waals surface area contributed by atoms with Crippen molar-refractivity contribution in [1.82, 2.24) is 0 Å². The fourth-order valence-corrected chi connectivity index (χ4v) is 2.54. The number of ether oxygens (including phenoxy) is 1. The molecule has 0 N–H and O–H groups in total. The maximum atomic E-state index is 13.0. The number of esters is 1. The molecular weight excluding hydrogens is 316 g/mol. The van der Waals surface area contributed by atoms with Crippen LogP contribution in [0.2, 0.25) is 0 Å². The highest BCUT2D eigenvalue weighted by molar-refractivity contribution is 7.80. The summed E-state index contributed by atoms with van der Waals surface area (Å²) in [6.45, 7) is -0.424. The average molecular weight is 333 g/mol. The zero-order chi connectivity index (χ0) is 16.1. The number of hydrogen-bond donors (Lipinski definition) is 0. The second kappa shape index (κ2) is 7.53. The summed E-state index contributed by atoms with van der Waals surface area (Å²) in [5, 5.41) is -5.12. The van der Waals surface area contributed by atoms with E-state index in [0.29, 0.717) is 12.8 Å². The second-order valence-electron chi connectivity index (χ2n) is 5.06. The van der Waals surface area contributed by atoms with Crippen LogP contribution in [-0.4, -0.2) is 32.5 Å². The predicted molar refractivity (Wildman–Crippen MR) is 65.6 cm³/mol. The van der Waals surface area contributed by atoms with Gasteiger partial charge in [-0.25, -0.2) is 0 Å². The van der Waals surface area contributed by atoms with Gasteiger partial charge in [-0.05, 0) is 19.3 Å². The largest absolute Gasteiger partial charge is 0.768 e. The van der Waals surface area contributed by atoms with E-state index in [-0.39, 0.29) is 5.92 Å². The van der Waals surface area contributed by atoms with E-state index in [1.165, 1.54) is 0 Å². The fourth-order valence-electron chi connectivity index (χ4n) is 2.19. The third-order valence-corrected chi connectivity index (χ3v) is 4.17. The molecule has 4 nitrogen and oxygen atoms in total. The summed E-state index contributed by atoms with van der Waals surface area (Å²) in [5.74, 6) is -5.44. The van der Waals surface area contributed by atoms with Gasteiger partial charge < -0.3 is 9.29 Å². The molecule has 1 saturated carbocycles. The molecule has 0 aliphatic heterocycles. The van der Waals surface area contributed by atoms with Crippen molar-refractivity contribution in [2.75, 3.05) is 6.61 Å². The summed E-state index contributed by atoms with van der Waals surface area (Å²) in [6.07, 6.45) is 2.31. The van der Waals surface area contributed by atoms with E-state index in [0.717, 1.165) is 19.3 Å². The van der Waals surface area contributed by atoms with Gasteiger partial charge in [0.25, 0.3) is 0 Å². The highest BCUT2D eigenvalue weighted by Gasteiger charge is 2.56. The van der Waals surface area contributed by atoms with Gasteiger partial charge in [-0.1, -0.05) is 19.3 Å². The molecule has 0 amide bonds. The minimum atomic E-state index is -5.12. The summed E-state index contributed by atoms with van der Waals surface area (Å²) in [6, 6.07) is 0. The first-order chi connectivity index (χ1) is 9.68. The van der Waals surface area contributed by atoms with Crippen molar-refractivity contribution in [3.8, 4) is 0 Å². The molecular formula is C12H17F4O4S-. The Morgan fingerprint density at radius 1 is 1.19 bits per heavy atom. The van der Waals surface area contributed by atoms with Crippen molar-refractivity contribution in [3.63, 3.8) is 0 Å². The van der Waals surface area contributed by atoms with Gasteiger partial charge in [-0.3, -0.25) is 9.00 Å². The van der Waals surface area contributed by atoms with E-state index in [1.54, 1.807) is 0 Å². The molecule has 0 radical (unpaired) electrons. The third-order valence-electron chi connectivity index (χ3n) is 3.45. The summed E-state index contributed by atoms with van der Waals surface area (Å²) < 4.78 is 76.5. The predicted octanol–water partition coefficient (Wildman–Crippen LogP) is 3.00. The first kappa shape index (κ1) is 18.3. The Kier molecular flexibility index (Phi) is 6.58. The van der Waals surface area contributed by atoms with Crippen LogP contribution in [0.4, 0.5) is 17.6 Å². The average Bonchev–Trinajstić information content (AvgIpc) is 2.44. The molecule has 0 aromatic heterocycles. The summed E-state index contributed by atoms with van der Waals surface area (Å²) in [4.78, 5) is 11.6. The Balaban J connectivity index is 2.33. The molecule has 0 aromatic carbocycles. The van der Waals surface area contributed by atoms with Gasteiger partial charge in [0.05, 0.1) is 12.5 Å². The van der Waals surface area contributed by atoms with E-state index >= 15 is 0 Å². The first-order valence-electron chi connectivity index (χ1n) is 6.70. The van der Waals surface area contributed by atoms with Gasteiger partial charge in [0.15, 0.2) is 0 Å². The van der Waals surface area contributed by atoms with Gasteiger partial charge >= 0.3 is 17.1 Å². The molecule has 1 rings (SSSR count). The lowest BCUT2D eigenvalue weighted by atomic mass is 9.89. The quantitative estimate of drug-likeness (QED) is 0.311. The highest BCUT2D eigenvalue weighted by atomic mass is 32.2. The minimum absolute atomic E-state index is 0.255. The van der Waals surface area contributed by atoms with Crippen molar-refractivity contribution >= 4 is 17.0 Å². The normalized spacial score (nSPS) is 19.3. The zero-order valence-corrected chi connectivity index (χ0v) is 12.1. The van der Waals surface area contributed by atoms with E-state index in [2.05, 4.69) is 0 Å². The number of alkyl halides is 4. The summed E-state index contributed by atoms with van der Waals surface area (Å²) in [5.41, 5.74) is 0. The number of rotatable bonds is 7. The standard InChI is InChI=1S/C12H18F4O4S/c13-11(14,12(15,16)21(18)19)7-4-8-20-10(17)9-5-2-1-3-6-9/h9H,1-8H2,(H,18,19)/p-1. The zero-order valence-electron chi connectivity index (χ0n) is 11.3. The molecule has 1 aliphatic carbocycles. The molecule has 1 aliphatic rings. The molecule has 124 valence electrons. The molecule has 0 bridgehead atoms. The molecule has 1 unspecified atom stereocenters. The van der Waals surface area contributed by atoms with Crippen molar-refractivity contribution in [2.24, 2.45) is 5.92 Å². The van der Waals surface area contributed by atoms with Gasteiger partial charge in [0.2, 0.25) is 0 Å². The third kappa shape index (κ3) is 4.91. The molecule has 21 heavy (non-hydrogen) atoms. The molecule has 0 saturated heterocycles. The van der Waals surface area contributed by atoms with E-state index < -0.39 is 47.7 Å². The van der Waals surface area contributed by atoms with Crippen molar-refractivity contribution in [3.05, 3.63) is 0 Å². The van der Waals surface area contributed by atoms with Crippen LogP contribution in [-0.2, 0) is 20.6 Å². The van der Waals surface area contributed by atoms with Crippen LogP contribution in [0.3, 0.4) is 0 Å². The van der Waals surface area contributed by atoms with Crippen LogP contribution in [0.25, 0.3) is 0 Å². The van der Waals surface area contributed by atoms with Crippen molar-refractivity contribution < 1.29 is 35.9 Å². The molecule has 0 spiro atoms. The lowest BCUT2D eigenvalue weighted by Crippen LogP contribution is -2.44. The smallest absolute Gasteiger partial charge is 0.371 e. The molecule has 0 heterocycles. The van der Waals surface area contributed by atoms with Crippen molar-refractivity contribution in [2.45, 2.75) is 56.1 Å². The summed E-state index contributed by atoms with van der Waals surface area (Å²) >= 11 is -4.20. The minimum Gasteiger partial charge on any atom is -0.768 e. The highest BCUT2D eigenvalue weighted by Crippen LogP contribution is 2.39. The Morgan fingerprint density at radius 2 is 1.76 bits per heavy atom. The van der Waals surface area contributed by atoms with Crippen LogP contribution in [0, 0.1) is 5.92 Å². The Bertz CT molecular complexity index is 383. The van der Waals surface area contributed by atoms with E-state index in [4.69, 9.17) is 4.74 Å². The molecule has 9 heteroatoms. The van der Waals surface area contributed by atoms with Crippen molar-refractivity contribution in [1.29, 1.82) is 0 Å². The van der Waals surface area contributed by atoms with Gasteiger partial charge in [0, 0.05) is 17.5 Å². The Hall–Kier alpha value is -0.700. The van der Waals surface area contributed by atoms with E-state index in [1.807, 2.05) is 0 Å². The monoisotopic (exact) mass is 333 g/mol. The SMILES string of the molecule is O=C(OCCCC(F)(F)C(F)(F)S(=O)[O-])C1CCCCC1. The Morgan fingerprint density at radius 3 is 2.29 bits per heavy atom. The number of carbonyl (C=O) groups is 1. The topological polar surface area (TPSA) is 66.4 Å². The lowest BCUT2D eigenvalue weighted by Gasteiger charge is -2.28. The Labute approximate surface area is 122 Å². The molecule has 0 aromatic rings. The molecule has 1 fully saturated rings. The first-order valence-corrected chi connectivity index (χ1v) is 7.77. The number of carbonyl (C=O) groups excluding carboxylic acids is 1. The van der Waals surface area contributed by atoms with E-state index in [9.17, 15) is 31.1 Å². The number of halogens is 4. The van der Waals surface area contributed by atoms with Crippen LogP contribution in [0.1, 0.15) is 44.9 Å². The van der Waals surface area contributed by atoms with Gasteiger partial charge in [-0.15, -0.1) is 0 Å². The number of hydrogen-bond acceptors (Lipinski definition) is 4. The second-order valence-corrected chi connectivity index (χ2v) is 6.04. The van der Waals surface area contributed by atoms with Crippen LogP contribution in [0.15, 0.2) is 0 Å². The fraction of sp³-hybridized carbons (Fsp3) is 0.917. The van der Waals surface area contributed by atoms with Gasteiger partial charge in [-0.2, -0.15) is 17.6 Å². The van der Waals surface area contributed by atoms with Crippen LogP contribution >= 0.6 is 0 Å². The van der Waals surface area contributed by atoms with Gasteiger partial charge in [0.1, 0.15) is 0 Å². The maximum absolute atomic E-state index is 13.0. The van der Waals surface area contributed by atoms with Crippen LogP contribution < -0.4 is 0 Å². The maximum Gasteiger partial charge on any atom is 0.371 e. The lowest BCUT2D eigenvalue weighted by molar-refractivity contribution is -0.166.